The molecule has 0 atom stereocenters. The zero-order valence-electron chi connectivity index (χ0n) is 11.0. The molecule has 20 heavy (non-hydrogen) atoms. The van der Waals surface area contributed by atoms with Gasteiger partial charge in [-0.15, -0.1) is 0 Å². The lowest BCUT2D eigenvalue weighted by Gasteiger charge is -2.09. The molecule has 0 radical (unpaired) electrons. The molecular weight excluding hydrogens is 279 g/mol. The van der Waals surface area contributed by atoms with E-state index < -0.39 is 5.82 Å². The molecule has 104 valence electrons. The predicted molar refractivity (Wildman–Crippen MR) is 77.1 cm³/mol. The molecule has 0 aliphatic rings. The van der Waals surface area contributed by atoms with Gasteiger partial charge in [0.25, 0.3) is 0 Å². The van der Waals surface area contributed by atoms with Crippen molar-refractivity contribution in [3.05, 3.63) is 64.4 Å². The Bertz CT molecular complexity index is 626. The highest BCUT2D eigenvalue weighted by molar-refractivity contribution is 6.30. The Kier molecular flexibility index (Phi) is 4.74. The minimum Gasteiger partial charge on any atom is -0.493 e. The van der Waals surface area contributed by atoms with E-state index >= 15 is 0 Å². The number of benzene rings is 2. The monoisotopic (exact) mass is 292 g/mol. The highest BCUT2D eigenvalue weighted by Crippen LogP contribution is 2.21. The predicted octanol–water partition coefficient (Wildman–Crippen LogP) is 4.30. The summed E-state index contributed by atoms with van der Waals surface area (Å²) in [5.74, 6) is -0.0831. The van der Waals surface area contributed by atoms with E-state index in [2.05, 4.69) is 0 Å². The normalized spacial score (nSPS) is 10.3. The number of ether oxygens (including phenoxy) is 1. The number of hydrogen-bond acceptors (Lipinski definition) is 2. The maximum atomic E-state index is 13.4. The zero-order chi connectivity index (χ0) is 14.5. The molecule has 0 amide bonds. The molecule has 0 saturated heterocycles. The number of halogens is 2. The van der Waals surface area contributed by atoms with Crippen molar-refractivity contribution in [2.24, 2.45) is 0 Å². The minimum absolute atomic E-state index is 0.0518. The molecule has 0 saturated carbocycles. The Balaban J connectivity index is 2.21. The van der Waals surface area contributed by atoms with Gasteiger partial charge in [-0.05, 0) is 36.8 Å². The topological polar surface area (TPSA) is 26.3 Å². The first-order chi connectivity index (χ1) is 9.61. The van der Waals surface area contributed by atoms with Crippen LogP contribution in [0.15, 0.2) is 42.5 Å². The standard InChI is InChI=1S/C16H14ClFO2/c1-2-20-16-6-4-3-5-12(16)15(19)10-11-7-8-13(17)14(18)9-11/h3-9H,2,10H2,1H3. The summed E-state index contributed by atoms with van der Waals surface area (Å²) >= 11 is 5.62. The third-order valence-corrected chi connectivity index (χ3v) is 3.14. The Labute approximate surface area is 122 Å². The van der Waals surface area contributed by atoms with Gasteiger partial charge in [0, 0.05) is 6.42 Å². The molecule has 0 bridgehead atoms. The second-order valence-corrected chi connectivity index (χ2v) is 4.68. The minimum atomic E-state index is -0.518. The molecule has 2 aromatic carbocycles. The average molecular weight is 293 g/mol. The van der Waals surface area contributed by atoms with Crippen LogP contribution in [0.5, 0.6) is 5.75 Å². The Morgan fingerprint density at radius 3 is 2.70 bits per heavy atom. The van der Waals surface area contributed by atoms with Crippen molar-refractivity contribution >= 4 is 17.4 Å². The van der Waals surface area contributed by atoms with Crippen molar-refractivity contribution in [1.29, 1.82) is 0 Å². The van der Waals surface area contributed by atoms with Crippen molar-refractivity contribution in [3.8, 4) is 5.75 Å². The van der Waals surface area contributed by atoms with Gasteiger partial charge in [-0.1, -0.05) is 29.8 Å². The summed E-state index contributed by atoms with van der Waals surface area (Å²) in [4.78, 5) is 12.3. The van der Waals surface area contributed by atoms with Gasteiger partial charge in [-0.2, -0.15) is 0 Å². The van der Waals surface area contributed by atoms with E-state index in [1.54, 1.807) is 24.3 Å². The molecule has 0 aliphatic carbocycles. The number of carbonyl (C=O) groups is 1. The SMILES string of the molecule is CCOc1ccccc1C(=O)Cc1ccc(Cl)c(F)c1. The molecule has 0 fully saturated rings. The number of ketones is 1. The van der Waals surface area contributed by atoms with E-state index in [-0.39, 0.29) is 17.2 Å². The summed E-state index contributed by atoms with van der Waals surface area (Å²) in [5, 5.41) is 0.0518. The van der Waals surface area contributed by atoms with E-state index in [1.807, 2.05) is 13.0 Å². The summed E-state index contributed by atoms with van der Waals surface area (Å²) in [7, 11) is 0. The Hall–Kier alpha value is -1.87. The lowest BCUT2D eigenvalue weighted by molar-refractivity contribution is 0.0989. The number of Topliss-reactive ketones (excluding diaryl/α,β-unsaturated/α-hetero) is 1. The van der Waals surface area contributed by atoms with Crippen LogP contribution in [0.3, 0.4) is 0 Å². The van der Waals surface area contributed by atoms with Crippen molar-refractivity contribution in [1.82, 2.24) is 0 Å². The Morgan fingerprint density at radius 2 is 2.00 bits per heavy atom. The summed E-state index contributed by atoms with van der Waals surface area (Å²) in [6, 6.07) is 11.4. The fourth-order valence-electron chi connectivity index (χ4n) is 1.91. The fraction of sp³-hybridized carbons (Fsp3) is 0.188. The second kappa shape index (κ2) is 6.53. The third-order valence-electron chi connectivity index (χ3n) is 2.84. The van der Waals surface area contributed by atoms with Gasteiger partial charge in [-0.25, -0.2) is 4.39 Å². The van der Waals surface area contributed by atoms with E-state index in [4.69, 9.17) is 16.3 Å². The highest BCUT2D eigenvalue weighted by Gasteiger charge is 2.13. The van der Waals surface area contributed by atoms with Gasteiger partial charge in [-0.3, -0.25) is 4.79 Å². The van der Waals surface area contributed by atoms with Crippen LogP contribution in [0.4, 0.5) is 4.39 Å². The van der Waals surface area contributed by atoms with Gasteiger partial charge in [0.2, 0.25) is 0 Å². The van der Waals surface area contributed by atoms with E-state index in [1.165, 1.54) is 12.1 Å². The van der Waals surface area contributed by atoms with E-state index in [0.717, 1.165) is 0 Å². The average Bonchev–Trinajstić information content (AvgIpc) is 2.44. The number of carbonyl (C=O) groups excluding carboxylic acids is 1. The molecule has 4 heteroatoms. The van der Waals surface area contributed by atoms with Crippen molar-refractivity contribution < 1.29 is 13.9 Å². The molecule has 0 N–H and O–H groups in total. The van der Waals surface area contributed by atoms with Gasteiger partial charge >= 0.3 is 0 Å². The first-order valence-corrected chi connectivity index (χ1v) is 6.68. The molecule has 2 rings (SSSR count). The number of para-hydroxylation sites is 1. The lowest BCUT2D eigenvalue weighted by Crippen LogP contribution is -2.07. The maximum absolute atomic E-state index is 13.4. The quantitative estimate of drug-likeness (QED) is 0.768. The van der Waals surface area contributed by atoms with Crippen LogP contribution in [0.2, 0.25) is 5.02 Å². The van der Waals surface area contributed by atoms with Crippen LogP contribution in [-0.4, -0.2) is 12.4 Å². The molecule has 0 aromatic heterocycles. The highest BCUT2D eigenvalue weighted by atomic mass is 35.5. The maximum Gasteiger partial charge on any atom is 0.170 e. The Morgan fingerprint density at radius 1 is 1.25 bits per heavy atom. The summed E-state index contributed by atoms with van der Waals surface area (Å²) in [6.45, 7) is 2.34. The first kappa shape index (κ1) is 14.5. The molecule has 0 spiro atoms. The van der Waals surface area contributed by atoms with Crippen LogP contribution in [-0.2, 0) is 6.42 Å². The van der Waals surface area contributed by atoms with Crippen LogP contribution < -0.4 is 4.74 Å². The lowest BCUT2D eigenvalue weighted by atomic mass is 10.0. The fourth-order valence-corrected chi connectivity index (χ4v) is 2.03. The van der Waals surface area contributed by atoms with Crippen molar-refractivity contribution in [2.75, 3.05) is 6.61 Å². The van der Waals surface area contributed by atoms with Gasteiger partial charge < -0.3 is 4.74 Å². The summed E-state index contributed by atoms with van der Waals surface area (Å²) in [5.41, 5.74) is 1.09. The zero-order valence-corrected chi connectivity index (χ0v) is 11.8. The first-order valence-electron chi connectivity index (χ1n) is 6.30. The van der Waals surface area contributed by atoms with Gasteiger partial charge in [0.05, 0.1) is 17.2 Å². The van der Waals surface area contributed by atoms with Gasteiger partial charge in [0.15, 0.2) is 5.78 Å². The third kappa shape index (κ3) is 3.36. The number of hydrogen-bond donors (Lipinski definition) is 0. The van der Waals surface area contributed by atoms with Crippen LogP contribution in [0.1, 0.15) is 22.8 Å². The molecule has 0 aliphatic heterocycles. The summed E-state index contributed by atoms with van der Waals surface area (Å²) < 4.78 is 18.8. The summed E-state index contributed by atoms with van der Waals surface area (Å²) in [6.07, 6.45) is 0.109. The van der Waals surface area contributed by atoms with Crippen LogP contribution in [0.25, 0.3) is 0 Å². The second-order valence-electron chi connectivity index (χ2n) is 4.28. The van der Waals surface area contributed by atoms with Crippen LogP contribution in [0, 0.1) is 5.82 Å². The van der Waals surface area contributed by atoms with Crippen molar-refractivity contribution in [3.63, 3.8) is 0 Å². The van der Waals surface area contributed by atoms with E-state index in [0.29, 0.717) is 23.5 Å². The molecular formula is C16H14ClFO2. The van der Waals surface area contributed by atoms with Crippen molar-refractivity contribution in [2.45, 2.75) is 13.3 Å². The largest absolute Gasteiger partial charge is 0.493 e. The van der Waals surface area contributed by atoms with Gasteiger partial charge in [0.1, 0.15) is 11.6 Å². The van der Waals surface area contributed by atoms with E-state index in [9.17, 15) is 9.18 Å². The molecule has 0 unspecified atom stereocenters. The molecule has 0 heterocycles. The molecule has 2 nitrogen and oxygen atoms in total. The smallest absolute Gasteiger partial charge is 0.170 e. The molecule has 2 aromatic rings. The number of rotatable bonds is 5. The van der Waals surface area contributed by atoms with Crippen LogP contribution >= 0.6 is 11.6 Å².